The van der Waals surface area contributed by atoms with E-state index < -0.39 is 60.7 Å². The average molecular weight is 756 g/mol. The Morgan fingerprint density at radius 2 is 1.70 bits per heavy atom. The summed E-state index contributed by atoms with van der Waals surface area (Å²) in [6.45, 7) is 2.77. The zero-order chi connectivity index (χ0) is 38.8. The maximum Gasteiger partial charge on any atom is 0.422 e. The minimum atomic E-state index is -3.00. The largest absolute Gasteiger partial charge is 0.453 e. The first-order valence-corrected chi connectivity index (χ1v) is 17.6. The fourth-order valence-corrected chi connectivity index (χ4v) is 6.34. The number of hydrazine groups is 1. The molecule has 0 saturated carbocycles. The summed E-state index contributed by atoms with van der Waals surface area (Å²) in [7, 11) is 1.19. The summed E-state index contributed by atoms with van der Waals surface area (Å²) < 4.78 is 51.7. The number of hydrogen-bond donors (Lipinski definition) is 4. The molecule has 1 aromatic heterocycles. The van der Waals surface area contributed by atoms with Crippen LogP contribution in [0.1, 0.15) is 38.3 Å². The topological polar surface area (TPSA) is 170 Å². The van der Waals surface area contributed by atoms with Gasteiger partial charge in [-0.15, -0.1) is 0 Å². The van der Waals surface area contributed by atoms with Crippen LogP contribution < -0.4 is 20.8 Å². The van der Waals surface area contributed by atoms with Gasteiger partial charge in [-0.05, 0) is 53.6 Å². The number of carbonyl (C=O) groups is 3. The Bertz CT molecular complexity index is 1680. The Balaban J connectivity index is 1.38. The number of carbonyl (C=O) groups excluding carboxylic acids is 3. The van der Waals surface area contributed by atoms with Gasteiger partial charge in [0, 0.05) is 24.8 Å². The van der Waals surface area contributed by atoms with Crippen LogP contribution in [0.15, 0.2) is 72.9 Å². The maximum absolute atomic E-state index is 13.8. The van der Waals surface area contributed by atoms with Crippen LogP contribution in [-0.4, -0.2) is 97.3 Å². The molecule has 292 valence electrons. The lowest BCUT2D eigenvalue weighted by Gasteiger charge is -2.34. The number of ether oxygens (including phenoxy) is 5. The molecule has 2 aliphatic heterocycles. The Hall–Kier alpha value is -4.90. The Morgan fingerprint density at radius 3 is 2.35 bits per heavy atom. The smallest absolute Gasteiger partial charge is 0.422 e. The van der Waals surface area contributed by atoms with Crippen LogP contribution in [0.4, 0.5) is 18.4 Å². The molecule has 0 unspecified atom stereocenters. The van der Waals surface area contributed by atoms with Crippen molar-refractivity contribution in [2.75, 3.05) is 26.9 Å². The van der Waals surface area contributed by atoms with Gasteiger partial charge in [0.2, 0.25) is 5.91 Å². The number of rotatable bonds is 15. The van der Waals surface area contributed by atoms with E-state index in [-0.39, 0.29) is 37.8 Å². The van der Waals surface area contributed by atoms with Gasteiger partial charge >= 0.3 is 18.8 Å². The third-order valence-electron chi connectivity index (χ3n) is 9.16. The molecular formula is C38H47F2N5O9. The minimum Gasteiger partial charge on any atom is -0.453 e. The fourth-order valence-electron chi connectivity index (χ4n) is 6.34. The number of pyridine rings is 1. The van der Waals surface area contributed by atoms with Crippen LogP contribution >= 0.6 is 0 Å². The molecule has 3 amide bonds. The molecule has 0 bridgehead atoms. The number of alkyl halides is 2. The van der Waals surface area contributed by atoms with E-state index in [0.29, 0.717) is 18.6 Å². The van der Waals surface area contributed by atoms with Gasteiger partial charge in [-0.25, -0.2) is 14.6 Å². The highest BCUT2D eigenvalue weighted by Gasteiger charge is 2.44. The predicted octanol–water partition coefficient (Wildman–Crippen LogP) is 4.41. The number of aromatic nitrogens is 1. The molecule has 0 spiro atoms. The summed E-state index contributed by atoms with van der Waals surface area (Å²) >= 11 is 0. The van der Waals surface area contributed by atoms with E-state index >= 15 is 0 Å². The second-order valence-electron chi connectivity index (χ2n) is 14.2. The highest BCUT2D eigenvalue weighted by atomic mass is 19.3. The molecule has 2 aliphatic rings. The molecule has 3 heterocycles. The SMILES string of the molecule is COC(=O)N[C@H](C(=O)N[C@@H](Cc1ccc(-c2ccccn2)cc1)[C@@H](O)CN(Cc1ccc(OC(F)F)cc1)NC(=O)O[C@H]1CO[C@H]2OCC[C@H]21)C(C)(C)C. The Kier molecular flexibility index (Phi) is 13.7. The Labute approximate surface area is 312 Å². The van der Waals surface area contributed by atoms with Crippen molar-refractivity contribution in [3.05, 3.63) is 84.1 Å². The standard InChI is InChI=1S/C38H47F2N5O9/c1-38(2,3)32(43-36(48)50-4)33(47)42-29(19-23-8-12-25(13-9-23)28-7-5-6-17-41-28)30(46)21-45(20-24-10-14-26(15-11-24)53-35(39)40)44-37(49)54-31-22-52-34-27(31)16-18-51-34/h5-15,17,27,29-32,34-35,46H,16,18-22H2,1-4H3,(H,42,47)(H,43,48)(H,44,49)/t27-,29-,30-,31-,32+,34+/m0/s1. The molecule has 2 aromatic carbocycles. The molecule has 3 aromatic rings. The number of aliphatic hydroxyl groups excluding tert-OH is 1. The summed E-state index contributed by atoms with van der Waals surface area (Å²) in [6.07, 6.45) is -1.38. The highest BCUT2D eigenvalue weighted by molar-refractivity contribution is 5.86. The van der Waals surface area contributed by atoms with Crippen molar-refractivity contribution in [3.8, 4) is 17.0 Å². The van der Waals surface area contributed by atoms with Crippen LogP contribution in [0.3, 0.4) is 0 Å². The molecule has 0 aliphatic carbocycles. The van der Waals surface area contributed by atoms with Gasteiger partial charge in [0.05, 0.1) is 44.1 Å². The van der Waals surface area contributed by atoms with Crippen LogP contribution in [0.25, 0.3) is 11.3 Å². The molecule has 2 fully saturated rings. The third-order valence-corrected chi connectivity index (χ3v) is 9.16. The zero-order valence-corrected chi connectivity index (χ0v) is 30.6. The lowest BCUT2D eigenvalue weighted by atomic mass is 9.85. The number of benzene rings is 2. The molecule has 54 heavy (non-hydrogen) atoms. The van der Waals surface area contributed by atoms with E-state index in [4.69, 9.17) is 18.9 Å². The molecule has 16 heteroatoms. The molecule has 6 atom stereocenters. The molecule has 14 nitrogen and oxygen atoms in total. The predicted molar refractivity (Wildman–Crippen MR) is 191 cm³/mol. The monoisotopic (exact) mass is 755 g/mol. The number of aliphatic hydroxyl groups is 1. The van der Waals surface area contributed by atoms with Crippen molar-refractivity contribution in [2.24, 2.45) is 11.3 Å². The molecular weight excluding hydrogens is 708 g/mol. The van der Waals surface area contributed by atoms with Gasteiger partial charge in [0.25, 0.3) is 0 Å². The highest BCUT2D eigenvalue weighted by Crippen LogP contribution is 2.33. The maximum atomic E-state index is 13.8. The second-order valence-corrected chi connectivity index (χ2v) is 14.2. The normalized spacial score (nSPS) is 19.8. The average Bonchev–Trinajstić information content (AvgIpc) is 3.76. The van der Waals surface area contributed by atoms with Crippen molar-refractivity contribution in [1.29, 1.82) is 0 Å². The summed E-state index contributed by atoms with van der Waals surface area (Å²) in [5, 5.41) is 18.8. The van der Waals surface area contributed by atoms with Crippen molar-refractivity contribution in [3.63, 3.8) is 0 Å². The quantitative estimate of drug-likeness (QED) is 0.162. The molecule has 2 saturated heterocycles. The van der Waals surface area contributed by atoms with Gasteiger partial charge < -0.3 is 39.4 Å². The van der Waals surface area contributed by atoms with E-state index in [1.807, 2.05) is 42.5 Å². The van der Waals surface area contributed by atoms with E-state index in [0.717, 1.165) is 16.8 Å². The lowest BCUT2D eigenvalue weighted by Crippen LogP contribution is -2.59. The first-order chi connectivity index (χ1) is 25.8. The van der Waals surface area contributed by atoms with E-state index in [2.05, 4.69) is 25.8 Å². The summed E-state index contributed by atoms with van der Waals surface area (Å²) in [5.41, 5.74) is 4.96. The fraction of sp³-hybridized carbons (Fsp3) is 0.474. The van der Waals surface area contributed by atoms with Gasteiger partial charge in [-0.1, -0.05) is 63.2 Å². The molecule has 4 N–H and O–H groups in total. The van der Waals surface area contributed by atoms with Crippen LogP contribution in [0.5, 0.6) is 5.75 Å². The van der Waals surface area contributed by atoms with Crippen molar-refractivity contribution < 1.29 is 52.0 Å². The third kappa shape index (κ3) is 11.3. The lowest BCUT2D eigenvalue weighted by molar-refractivity contribution is -0.127. The number of amides is 3. The van der Waals surface area contributed by atoms with Crippen LogP contribution in [0, 0.1) is 11.3 Å². The van der Waals surface area contributed by atoms with Crippen molar-refractivity contribution >= 4 is 18.1 Å². The van der Waals surface area contributed by atoms with Gasteiger partial charge in [-0.2, -0.15) is 8.78 Å². The van der Waals surface area contributed by atoms with Crippen molar-refractivity contribution in [1.82, 2.24) is 26.1 Å². The van der Waals surface area contributed by atoms with Gasteiger partial charge in [0.1, 0.15) is 17.9 Å². The molecule has 0 radical (unpaired) electrons. The van der Waals surface area contributed by atoms with E-state index in [1.54, 1.807) is 39.1 Å². The minimum absolute atomic E-state index is 0.00536. The first-order valence-electron chi connectivity index (χ1n) is 17.6. The number of methoxy groups -OCH3 is 1. The summed E-state index contributed by atoms with van der Waals surface area (Å²) in [4.78, 5) is 43.7. The molecule has 5 rings (SSSR count). The number of fused-ring (bicyclic) bond motifs is 1. The zero-order valence-electron chi connectivity index (χ0n) is 30.6. The number of hydrogen-bond acceptors (Lipinski definition) is 11. The first kappa shape index (κ1) is 40.3. The van der Waals surface area contributed by atoms with Gasteiger partial charge in [0.15, 0.2) is 6.29 Å². The van der Waals surface area contributed by atoms with Crippen LogP contribution in [0.2, 0.25) is 0 Å². The number of nitrogens with one attached hydrogen (secondary N) is 3. The summed E-state index contributed by atoms with van der Waals surface area (Å²) in [6, 6.07) is 16.9. The number of alkyl carbamates (subject to hydrolysis) is 1. The van der Waals surface area contributed by atoms with Crippen molar-refractivity contribution in [2.45, 2.75) is 77.4 Å². The number of halogens is 2. The van der Waals surface area contributed by atoms with Crippen LogP contribution in [-0.2, 0) is 36.7 Å². The number of nitrogens with zero attached hydrogens (tertiary/aromatic N) is 2. The Morgan fingerprint density at radius 1 is 0.981 bits per heavy atom. The van der Waals surface area contributed by atoms with E-state index in [1.165, 1.54) is 24.3 Å². The summed E-state index contributed by atoms with van der Waals surface area (Å²) in [5.74, 6) is -0.728. The van der Waals surface area contributed by atoms with E-state index in [9.17, 15) is 28.3 Å². The second kappa shape index (κ2) is 18.4. The van der Waals surface area contributed by atoms with Gasteiger partial charge in [-0.3, -0.25) is 15.2 Å².